The molecule has 102 valence electrons. The second-order valence-corrected chi connectivity index (χ2v) is 6.30. The molecule has 1 aliphatic heterocycles. The number of imidazole rings is 1. The summed E-state index contributed by atoms with van der Waals surface area (Å²) in [6.45, 7) is 6.56. The molecular formula is C14H25N3S. The number of hydrogen-bond donors (Lipinski definition) is 1. The quantitative estimate of drug-likeness (QED) is 0.824. The van der Waals surface area contributed by atoms with E-state index in [9.17, 15) is 0 Å². The highest BCUT2D eigenvalue weighted by atomic mass is 32.2. The molecule has 0 amide bonds. The largest absolute Gasteiger partial charge is 0.335 e. The summed E-state index contributed by atoms with van der Waals surface area (Å²) in [6, 6.07) is 0.584. The number of nitrogens with zero attached hydrogens (tertiary/aromatic N) is 2. The fourth-order valence-electron chi connectivity index (χ4n) is 2.69. The smallest absolute Gasteiger partial charge is 0.110 e. The lowest BCUT2D eigenvalue weighted by Gasteiger charge is -2.23. The second-order valence-electron chi connectivity index (χ2n) is 4.96. The van der Waals surface area contributed by atoms with E-state index in [-0.39, 0.29) is 0 Å². The first kappa shape index (κ1) is 13.9. The van der Waals surface area contributed by atoms with E-state index in [1.54, 1.807) is 0 Å². The van der Waals surface area contributed by atoms with Gasteiger partial charge in [-0.15, -0.1) is 0 Å². The lowest BCUT2D eigenvalue weighted by atomic mass is 10.1. The maximum atomic E-state index is 4.54. The van der Waals surface area contributed by atoms with Gasteiger partial charge in [0.1, 0.15) is 5.82 Å². The van der Waals surface area contributed by atoms with Gasteiger partial charge < -0.3 is 9.88 Å². The van der Waals surface area contributed by atoms with Crippen LogP contribution in [0.2, 0.25) is 0 Å². The van der Waals surface area contributed by atoms with Gasteiger partial charge in [-0.1, -0.05) is 13.8 Å². The van der Waals surface area contributed by atoms with E-state index in [1.165, 1.54) is 30.8 Å². The summed E-state index contributed by atoms with van der Waals surface area (Å²) in [5.74, 6) is 2.57. The predicted octanol–water partition coefficient (Wildman–Crippen LogP) is 2.71. The van der Waals surface area contributed by atoms with E-state index < -0.39 is 0 Å². The Balaban J connectivity index is 2.00. The number of aromatic nitrogens is 2. The Bertz CT molecular complexity index is 345. The van der Waals surface area contributed by atoms with Gasteiger partial charge in [-0.25, -0.2) is 4.98 Å². The lowest BCUT2D eigenvalue weighted by molar-refractivity contribution is 0.474. The van der Waals surface area contributed by atoms with Crippen LogP contribution in [-0.4, -0.2) is 33.1 Å². The van der Waals surface area contributed by atoms with Crippen LogP contribution in [0.25, 0.3) is 0 Å². The van der Waals surface area contributed by atoms with E-state index >= 15 is 0 Å². The number of nitrogens with one attached hydrogen (secondary N) is 1. The normalized spacial score (nSPS) is 21.3. The van der Waals surface area contributed by atoms with Crippen LogP contribution in [0.15, 0.2) is 12.4 Å². The van der Waals surface area contributed by atoms with E-state index in [2.05, 4.69) is 46.7 Å². The van der Waals surface area contributed by atoms with E-state index in [1.807, 2.05) is 6.20 Å². The topological polar surface area (TPSA) is 29.9 Å². The standard InChI is InChI=1S/C14H25N3S/c1-3-8-17-9-7-16-14(17)11-12(15-4-2)13-6-5-10-18-13/h7,9,12-13,15H,3-6,8,10-11H2,1-2H3. The molecule has 0 radical (unpaired) electrons. The third-order valence-corrected chi connectivity index (χ3v) is 5.07. The number of aryl methyl sites for hydroxylation is 1. The molecule has 0 bridgehead atoms. The molecule has 2 atom stereocenters. The molecule has 0 spiro atoms. The SMILES string of the molecule is CCCn1ccnc1CC(NCC)C1CCCS1. The van der Waals surface area contributed by atoms with Crippen molar-refractivity contribution in [3.63, 3.8) is 0 Å². The van der Waals surface area contributed by atoms with Crippen molar-refractivity contribution in [3.8, 4) is 0 Å². The minimum Gasteiger partial charge on any atom is -0.335 e. The summed E-state index contributed by atoms with van der Waals surface area (Å²) >= 11 is 2.13. The minimum atomic E-state index is 0.584. The molecule has 1 N–H and O–H groups in total. The summed E-state index contributed by atoms with van der Waals surface area (Å²) in [6.07, 6.45) is 9.03. The maximum Gasteiger partial charge on any atom is 0.110 e. The van der Waals surface area contributed by atoms with Gasteiger partial charge in [-0.3, -0.25) is 0 Å². The zero-order valence-corrected chi connectivity index (χ0v) is 12.4. The summed E-state index contributed by atoms with van der Waals surface area (Å²) in [7, 11) is 0. The van der Waals surface area contributed by atoms with Crippen LogP contribution in [0.3, 0.4) is 0 Å². The maximum absolute atomic E-state index is 4.54. The third kappa shape index (κ3) is 3.51. The molecule has 0 aliphatic carbocycles. The summed E-state index contributed by atoms with van der Waals surface area (Å²) < 4.78 is 2.31. The summed E-state index contributed by atoms with van der Waals surface area (Å²) in [4.78, 5) is 4.54. The molecule has 2 rings (SSSR count). The van der Waals surface area contributed by atoms with Gasteiger partial charge >= 0.3 is 0 Å². The molecule has 1 saturated heterocycles. The highest BCUT2D eigenvalue weighted by Crippen LogP contribution is 2.30. The highest BCUT2D eigenvalue weighted by molar-refractivity contribution is 8.00. The van der Waals surface area contributed by atoms with Crippen molar-refractivity contribution in [2.24, 2.45) is 0 Å². The highest BCUT2D eigenvalue weighted by Gasteiger charge is 2.26. The van der Waals surface area contributed by atoms with Gasteiger partial charge in [-0.2, -0.15) is 11.8 Å². The van der Waals surface area contributed by atoms with Gasteiger partial charge in [0, 0.05) is 36.7 Å². The van der Waals surface area contributed by atoms with Crippen molar-refractivity contribution in [2.45, 2.75) is 57.4 Å². The van der Waals surface area contributed by atoms with E-state index in [0.29, 0.717) is 6.04 Å². The van der Waals surface area contributed by atoms with Crippen molar-refractivity contribution in [2.75, 3.05) is 12.3 Å². The molecule has 3 nitrogen and oxygen atoms in total. The molecule has 4 heteroatoms. The molecule has 0 saturated carbocycles. The Morgan fingerprint density at radius 2 is 2.44 bits per heavy atom. The fraction of sp³-hybridized carbons (Fsp3) is 0.786. The van der Waals surface area contributed by atoms with Crippen molar-refractivity contribution in [1.82, 2.24) is 14.9 Å². The number of likely N-dealkylation sites (N-methyl/N-ethyl adjacent to an activating group) is 1. The molecule has 1 fully saturated rings. The van der Waals surface area contributed by atoms with Crippen LogP contribution in [-0.2, 0) is 13.0 Å². The van der Waals surface area contributed by atoms with Crippen molar-refractivity contribution in [1.29, 1.82) is 0 Å². The molecular weight excluding hydrogens is 242 g/mol. The van der Waals surface area contributed by atoms with E-state index in [4.69, 9.17) is 0 Å². The average Bonchev–Trinajstić information content (AvgIpc) is 3.01. The lowest BCUT2D eigenvalue weighted by Crippen LogP contribution is -2.39. The van der Waals surface area contributed by atoms with Gasteiger partial charge in [0.05, 0.1) is 0 Å². The zero-order chi connectivity index (χ0) is 12.8. The van der Waals surface area contributed by atoms with Crippen LogP contribution >= 0.6 is 11.8 Å². The first-order chi connectivity index (χ1) is 8.85. The third-order valence-electron chi connectivity index (χ3n) is 3.55. The Morgan fingerprint density at radius 1 is 1.56 bits per heavy atom. The van der Waals surface area contributed by atoms with Crippen molar-refractivity contribution in [3.05, 3.63) is 18.2 Å². The fourth-order valence-corrected chi connectivity index (χ4v) is 4.08. The first-order valence-corrected chi connectivity index (χ1v) is 8.25. The van der Waals surface area contributed by atoms with Crippen LogP contribution in [0.5, 0.6) is 0 Å². The minimum absolute atomic E-state index is 0.584. The Hall–Kier alpha value is -0.480. The number of thioether (sulfide) groups is 1. The Labute approximate surface area is 115 Å². The Morgan fingerprint density at radius 3 is 3.11 bits per heavy atom. The molecule has 2 heterocycles. The van der Waals surface area contributed by atoms with Crippen LogP contribution in [0, 0.1) is 0 Å². The Kier molecular flexibility index (Phi) is 5.57. The molecule has 1 aromatic heterocycles. The first-order valence-electron chi connectivity index (χ1n) is 7.20. The monoisotopic (exact) mass is 267 g/mol. The molecule has 18 heavy (non-hydrogen) atoms. The molecule has 2 unspecified atom stereocenters. The van der Waals surface area contributed by atoms with Crippen LogP contribution in [0.4, 0.5) is 0 Å². The summed E-state index contributed by atoms with van der Waals surface area (Å²) in [5.41, 5.74) is 0. The van der Waals surface area contributed by atoms with Gasteiger partial charge in [0.15, 0.2) is 0 Å². The van der Waals surface area contributed by atoms with Gasteiger partial charge in [0.2, 0.25) is 0 Å². The average molecular weight is 267 g/mol. The molecule has 1 aromatic rings. The molecule has 1 aliphatic rings. The van der Waals surface area contributed by atoms with Crippen LogP contribution in [0.1, 0.15) is 38.9 Å². The predicted molar refractivity (Wildman–Crippen MR) is 79.2 cm³/mol. The van der Waals surface area contributed by atoms with Crippen molar-refractivity contribution >= 4 is 11.8 Å². The number of rotatable bonds is 7. The molecule has 0 aromatic carbocycles. The second kappa shape index (κ2) is 7.19. The summed E-state index contributed by atoms with van der Waals surface area (Å²) in [5, 5.41) is 4.43. The van der Waals surface area contributed by atoms with Gasteiger partial charge in [-0.05, 0) is 31.6 Å². The van der Waals surface area contributed by atoms with Crippen LogP contribution < -0.4 is 5.32 Å². The number of hydrogen-bond acceptors (Lipinski definition) is 3. The zero-order valence-electron chi connectivity index (χ0n) is 11.6. The van der Waals surface area contributed by atoms with Gasteiger partial charge in [0.25, 0.3) is 0 Å². The van der Waals surface area contributed by atoms with Crippen molar-refractivity contribution < 1.29 is 0 Å². The van der Waals surface area contributed by atoms with E-state index in [0.717, 1.165) is 24.8 Å².